The van der Waals surface area contributed by atoms with Gasteiger partial charge in [0.15, 0.2) is 0 Å². The lowest BCUT2D eigenvalue weighted by atomic mass is 10.1. The summed E-state index contributed by atoms with van der Waals surface area (Å²) in [5, 5.41) is 10.5. The van der Waals surface area contributed by atoms with Gasteiger partial charge in [-0.05, 0) is 30.5 Å². The van der Waals surface area contributed by atoms with Gasteiger partial charge in [-0.3, -0.25) is 0 Å². The molecular weight excluding hydrogens is 282 g/mol. The van der Waals surface area contributed by atoms with E-state index >= 15 is 0 Å². The molecule has 1 aromatic heterocycles. The number of thioether (sulfide) groups is 1. The van der Waals surface area contributed by atoms with Crippen LogP contribution in [0.4, 0.5) is 0 Å². The van der Waals surface area contributed by atoms with Gasteiger partial charge in [-0.1, -0.05) is 30.3 Å². The number of ether oxygens (including phenoxy) is 1. The molecule has 3 rings (SSSR count). The predicted octanol–water partition coefficient (Wildman–Crippen LogP) is 4.24. The molecule has 106 valence electrons. The first-order valence-electron chi connectivity index (χ1n) is 6.62. The molecule has 0 saturated heterocycles. The fourth-order valence-corrected chi connectivity index (χ4v) is 2.68. The van der Waals surface area contributed by atoms with Crippen LogP contribution in [-0.2, 0) is 6.61 Å². The van der Waals surface area contributed by atoms with Crippen molar-refractivity contribution in [3.8, 4) is 11.6 Å². The lowest BCUT2D eigenvalue weighted by Gasteiger charge is -2.12. The second kappa shape index (κ2) is 6.16. The summed E-state index contributed by atoms with van der Waals surface area (Å²) >= 11 is 1.62. The Bertz CT molecular complexity index is 774. The van der Waals surface area contributed by atoms with Crippen molar-refractivity contribution in [2.24, 2.45) is 0 Å². The number of hydrogen-bond acceptors (Lipinski definition) is 4. The molecule has 1 heterocycles. The summed E-state index contributed by atoms with van der Waals surface area (Å²) in [6.07, 6.45) is 2.00. The standard InChI is InChI=1S/C17H15NO2S/c1-21-16-9-5-4-8-15(16)20-17-13(11-19)10-12-6-2-3-7-14(12)18-17/h2-10,19H,11H2,1H3. The number of benzene rings is 2. The molecular formula is C17H15NO2S. The number of aliphatic hydroxyl groups excluding tert-OH is 1. The third-order valence-corrected chi connectivity index (χ3v) is 3.99. The summed E-state index contributed by atoms with van der Waals surface area (Å²) in [6.45, 7) is -0.103. The molecule has 2 aromatic carbocycles. The highest BCUT2D eigenvalue weighted by molar-refractivity contribution is 7.98. The van der Waals surface area contributed by atoms with E-state index in [1.165, 1.54) is 0 Å². The lowest BCUT2D eigenvalue weighted by molar-refractivity contribution is 0.275. The Morgan fingerprint density at radius 3 is 2.67 bits per heavy atom. The molecule has 0 radical (unpaired) electrons. The van der Waals surface area contributed by atoms with Gasteiger partial charge in [-0.15, -0.1) is 11.8 Å². The number of aliphatic hydroxyl groups is 1. The molecule has 0 saturated carbocycles. The molecule has 0 aliphatic carbocycles. The highest BCUT2D eigenvalue weighted by Gasteiger charge is 2.10. The van der Waals surface area contributed by atoms with Crippen LogP contribution in [0.2, 0.25) is 0 Å². The molecule has 0 spiro atoms. The Morgan fingerprint density at radius 2 is 1.86 bits per heavy atom. The summed E-state index contributed by atoms with van der Waals surface area (Å²) in [5.74, 6) is 1.21. The molecule has 3 nitrogen and oxygen atoms in total. The monoisotopic (exact) mass is 297 g/mol. The van der Waals surface area contributed by atoms with Crippen LogP contribution < -0.4 is 4.74 Å². The summed E-state index contributed by atoms with van der Waals surface area (Å²) in [4.78, 5) is 5.56. The SMILES string of the molecule is CSc1ccccc1Oc1nc2ccccc2cc1CO. The van der Waals surface area contributed by atoms with E-state index in [-0.39, 0.29) is 6.61 Å². The van der Waals surface area contributed by atoms with E-state index < -0.39 is 0 Å². The van der Waals surface area contributed by atoms with E-state index in [0.29, 0.717) is 11.4 Å². The van der Waals surface area contributed by atoms with Crippen LogP contribution in [0.1, 0.15) is 5.56 Å². The quantitative estimate of drug-likeness (QED) is 0.731. The number of aromatic nitrogens is 1. The van der Waals surface area contributed by atoms with Crippen LogP contribution in [-0.4, -0.2) is 16.3 Å². The summed E-state index contributed by atoms with van der Waals surface area (Å²) in [6, 6.07) is 17.5. The topological polar surface area (TPSA) is 42.4 Å². The first-order chi connectivity index (χ1) is 10.3. The van der Waals surface area contributed by atoms with Crippen molar-refractivity contribution in [3.05, 3.63) is 60.2 Å². The minimum atomic E-state index is -0.103. The molecule has 0 unspecified atom stereocenters. The summed E-state index contributed by atoms with van der Waals surface area (Å²) < 4.78 is 5.94. The normalized spacial score (nSPS) is 10.8. The minimum Gasteiger partial charge on any atom is -0.437 e. The zero-order valence-corrected chi connectivity index (χ0v) is 12.4. The molecule has 21 heavy (non-hydrogen) atoms. The van der Waals surface area contributed by atoms with E-state index in [9.17, 15) is 5.11 Å². The van der Waals surface area contributed by atoms with Crippen LogP contribution in [0.3, 0.4) is 0 Å². The van der Waals surface area contributed by atoms with E-state index in [1.807, 2.05) is 60.9 Å². The molecule has 3 aromatic rings. The van der Waals surface area contributed by atoms with Crippen LogP contribution >= 0.6 is 11.8 Å². The van der Waals surface area contributed by atoms with Crippen molar-refractivity contribution >= 4 is 22.7 Å². The molecule has 0 amide bonds. The Morgan fingerprint density at radius 1 is 1.10 bits per heavy atom. The fourth-order valence-electron chi connectivity index (χ4n) is 2.15. The number of hydrogen-bond donors (Lipinski definition) is 1. The lowest BCUT2D eigenvalue weighted by Crippen LogP contribution is -1.96. The van der Waals surface area contributed by atoms with E-state index in [2.05, 4.69) is 4.98 Å². The van der Waals surface area contributed by atoms with E-state index in [1.54, 1.807) is 11.8 Å². The molecule has 4 heteroatoms. The van der Waals surface area contributed by atoms with E-state index in [4.69, 9.17) is 4.74 Å². The van der Waals surface area contributed by atoms with Crippen LogP contribution in [0.5, 0.6) is 11.6 Å². The maximum absolute atomic E-state index is 9.56. The van der Waals surface area contributed by atoms with Crippen LogP contribution in [0, 0.1) is 0 Å². The molecule has 0 bridgehead atoms. The molecule has 0 aliphatic rings. The molecule has 1 N–H and O–H groups in total. The van der Waals surface area contributed by atoms with Crippen LogP contribution in [0.25, 0.3) is 10.9 Å². The number of para-hydroxylation sites is 2. The largest absolute Gasteiger partial charge is 0.437 e. The van der Waals surface area contributed by atoms with Gasteiger partial charge >= 0.3 is 0 Å². The highest BCUT2D eigenvalue weighted by Crippen LogP contribution is 2.33. The van der Waals surface area contributed by atoms with Crippen molar-refractivity contribution < 1.29 is 9.84 Å². The molecule has 0 atom stereocenters. The Kier molecular flexibility index (Phi) is 4.08. The maximum atomic E-state index is 9.56. The Hall–Kier alpha value is -2.04. The van der Waals surface area contributed by atoms with Crippen molar-refractivity contribution in [3.63, 3.8) is 0 Å². The van der Waals surface area contributed by atoms with Crippen molar-refractivity contribution in [1.29, 1.82) is 0 Å². The van der Waals surface area contributed by atoms with Crippen molar-refractivity contribution in [2.45, 2.75) is 11.5 Å². The fraction of sp³-hybridized carbons (Fsp3) is 0.118. The number of rotatable bonds is 4. The predicted molar refractivity (Wildman–Crippen MR) is 86.0 cm³/mol. The summed E-state index contributed by atoms with van der Waals surface area (Å²) in [5.41, 5.74) is 1.54. The second-order valence-electron chi connectivity index (χ2n) is 4.56. The van der Waals surface area contributed by atoms with Gasteiger partial charge in [-0.2, -0.15) is 0 Å². The first kappa shape index (κ1) is 13.9. The van der Waals surface area contributed by atoms with Crippen molar-refractivity contribution in [2.75, 3.05) is 6.26 Å². The Labute approximate surface area is 127 Å². The molecule has 0 fully saturated rings. The third kappa shape index (κ3) is 2.86. The van der Waals surface area contributed by atoms with Gasteiger partial charge in [0.1, 0.15) is 5.75 Å². The second-order valence-corrected chi connectivity index (χ2v) is 5.40. The van der Waals surface area contributed by atoms with E-state index in [0.717, 1.165) is 21.5 Å². The Balaban J connectivity index is 2.06. The average Bonchev–Trinajstić information content (AvgIpc) is 2.54. The van der Waals surface area contributed by atoms with Gasteiger partial charge in [0.2, 0.25) is 5.88 Å². The van der Waals surface area contributed by atoms with Gasteiger partial charge < -0.3 is 9.84 Å². The van der Waals surface area contributed by atoms with Gasteiger partial charge in [0, 0.05) is 15.8 Å². The molecule has 0 aliphatic heterocycles. The average molecular weight is 297 g/mol. The highest BCUT2D eigenvalue weighted by atomic mass is 32.2. The summed E-state index contributed by atoms with van der Waals surface area (Å²) in [7, 11) is 0. The van der Waals surface area contributed by atoms with Gasteiger partial charge in [0.25, 0.3) is 0 Å². The maximum Gasteiger partial charge on any atom is 0.225 e. The van der Waals surface area contributed by atoms with Crippen molar-refractivity contribution in [1.82, 2.24) is 4.98 Å². The van der Waals surface area contributed by atoms with Gasteiger partial charge in [-0.25, -0.2) is 4.98 Å². The number of pyridine rings is 1. The smallest absolute Gasteiger partial charge is 0.225 e. The number of nitrogens with zero attached hydrogens (tertiary/aromatic N) is 1. The van der Waals surface area contributed by atoms with Crippen LogP contribution in [0.15, 0.2) is 59.5 Å². The first-order valence-corrected chi connectivity index (χ1v) is 7.84. The number of fused-ring (bicyclic) bond motifs is 1. The van der Waals surface area contributed by atoms with Gasteiger partial charge in [0.05, 0.1) is 12.1 Å². The third-order valence-electron chi connectivity index (χ3n) is 3.21. The zero-order chi connectivity index (χ0) is 14.7. The minimum absolute atomic E-state index is 0.103. The zero-order valence-electron chi connectivity index (χ0n) is 11.6.